The number of aliphatic carboxylic acids is 1. The van der Waals surface area contributed by atoms with Crippen molar-refractivity contribution >= 4 is 27.6 Å². The molecule has 2 aromatic rings. The Morgan fingerprint density at radius 1 is 1.06 bits per heavy atom. The zero-order valence-electron chi connectivity index (χ0n) is 18.6. The molecule has 2 N–H and O–H groups in total. The molecule has 9 nitrogen and oxygen atoms in total. The number of carbonyl (C=O) groups excluding carboxylic acids is 1. The molecule has 1 amide bonds. The average molecular weight is 477 g/mol. The summed E-state index contributed by atoms with van der Waals surface area (Å²) in [5.41, 5.74) is 0.390. The maximum absolute atomic E-state index is 13.1. The molecule has 2 aromatic carbocycles. The molecule has 1 aliphatic heterocycles. The molecule has 1 saturated heterocycles. The average Bonchev–Trinajstić information content (AvgIpc) is 2.79. The number of rotatable bonds is 9. The van der Waals surface area contributed by atoms with Crippen LogP contribution in [0.4, 0.5) is 5.69 Å². The van der Waals surface area contributed by atoms with Crippen LogP contribution in [0, 0.1) is 0 Å². The topological polar surface area (TPSA) is 122 Å². The third-order valence-corrected chi connectivity index (χ3v) is 6.88. The third kappa shape index (κ3) is 6.45. The first-order valence-electron chi connectivity index (χ1n) is 10.7. The van der Waals surface area contributed by atoms with Crippen LogP contribution in [0.1, 0.15) is 43.5 Å². The molecule has 0 bridgehead atoms. The SMILES string of the molecule is CC(C)Oc1ccc(NC(=O)c2cc(S(=O)(=O)N3CCCCC3)ccc2OCC(=O)O)cc1. The highest BCUT2D eigenvalue weighted by Crippen LogP contribution is 2.28. The minimum absolute atomic E-state index is 0.00368. The van der Waals surface area contributed by atoms with Crippen LogP contribution in [0.25, 0.3) is 0 Å². The van der Waals surface area contributed by atoms with Gasteiger partial charge in [-0.3, -0.25) is 4.79 Å². The van der Waals surface area contributed by atoms with E-state index in [1.54, 1.807) is 24.3 Å². The molecule has 0 radical (unpaired) electrons. The Balaban J connectivity index is 1.88. The zero-order valence-corrected chi connectivity index (χ0v) is 19.4. The van der Waals surface area contributed by atoms with Crippen molar-refractivity contribution in [1.82, 2.24) is 4.31 Å². The number of carbonyl (C=O) groups is 2. The monoisotopic (exact) mass is 476 g/mol. The van der Waals surface area contributed by atoms with E-state index < -0.39 is 28.5 Å². The van der Waals surface area contributed by atoms with E-state index >= 15 is 0 Å². The Hall–Kier alpha value is -3.11. The zero-order chi connectivity index (χ0) is 24.0. The summed E-state index contributed by atoms with van der Waals surface area (Å²) in [6.45, 7) is 3.98. The molecule has 0 saturated carbocycles. The van der Waals surface area contributed by atoms with Crippen molar-refractivity contribution in [2.24, 2.45) is 0 Å². The summed E-state index contributed by atoms with van der Waals surface area (Å²) in [6.07, 6.45) is 2.54. The molecule has 3 rings (SSSR count). The lowest BCUT2D eigenvalue weighted by Crippen LogP contribution is -2.35. The van der Waals surface area contributed by atoms with Crippen molar-refractivity contribution < 1.29 is 32.6 Å². The molecule has 178 valence electrons. The van der Waals surface area contributed by atoms with Crippen LogP contribution >= 0.6 is 0 Å². The highest BCUT2D eigenvalue weighted by Gasteiger charge is 2.28. The first-order valence-corrected chi connectivity index (χ1v) is 12.2. The summed E-state index contributed by atoms with van der Waals surface area (Å²) in [4.78, 5) is 23.9. The predicted molar refractivity (Wildman–Crippen MR) is 122 cm³/mol. The number of nitrogens with one attached hydrogen (secondary N) is 1. The lowest BCUT2D eigenvalue weighted by molar-refractivity contribution is -0.139. The number of benzene rings is 2. The maximum atomic E-state index is 13.1. The second-order valence-electron chi connectivity index (χ2n) is 7.95. The highest BCUT2D eigenvalue weighted by molar-refractivity contribution is 7.89. The number of carboxylic acid groups (broad SMARTS) is 1. The molecule has 0 aromatic heterocycles. The minimum Gasteiger partial charge on any atom is -0.491 e. The first kappa shape index (κ1) is 24.5. The van der Waals surface area contributed by atoms with Crippen LogP contribution in [-0.4, -0.2) is 55.5 Å². The van der Waals surface area contributed by atoms with E-state index in [1.165, 1.54) is 22.5 Å². The fourth-order valence-corrected chi connectivity index (χ4v) is 5.00. The highest BCUT2D eigenvalue weighted by atomic mass is 32.2. The van der Waals surface area contributed by atoms with Gasteiger partial charge in [0.1, 0.15) is 11.5 Å². The summed E-state index contributed by atoms with van der Waals surface area (Å²) < 4.78 is 38.4. The molecule has 10 heteroatoms. The van der Waals surface area contributed by atoms with Gasteiger partial charge in [0.05, 0.1) is 16.6 Å². The molecular formula is C23H28N2O7S. The van der Waals surface area contributed by atoms with Gasteiger partial charge in [0.15, 0.2) is 6.61 Å². The van der Waals surface area contributed by atoms with Crippen molar-refractivity contribution in [2.75, 3.05) is 25.0 Å². The van der Waals surface area contributed by atoms with Crippen LogP contribution < -0.4 is 14.8 Å². The molecule has 0 atom stereocenters. The summed E-state index contributed by atoms with van der Waals surface area (Å²) in [5, 5.41) is 11.6. The summed E-state index contributed by atoms with van der Waals surface area (Å²) in [6, 6.07) is 10.6. The van der Waals surface area contributed by atoms with Crippen LogP contribution in [-0.2, 0) is 14.8 Å². The van der Waals surface area contributed by atoms with Gasteiger partial charge in [-0.15, -0.1) is 0 Å². The fourth-order valence-electron chi connectivity index (χ4n) is 3.45. The van der Waals surface area contributed by atoms with Crippen molar-refractivity contribution in [3.63, 3.8) is 0 Å². The summed E-state index contributed by atoms with van der Waals surface area (Å²) >= 11 is 0. The number of anilines is 1. The molecule has 1 heterocycles. The van der Waals surface area contributed by atoms with E-state index in [1.807, 2.05) is 13.8 Å². The van der Waals surface area contributed by atoms with Gasteiger partial charge in [-0.05, 0) is 69.2 Å². The van der Waals surface area contributed by atoms with Gasteiger partial charge in [-0.2, -0.15) is 4.31 Å². The van der Waals surface area contributed by atoms with Crippen LogP contribution in [0.5, 0.6) is 11.5 Å². The van der Waals surface area contributed by atoms with Crippen LogP contribution in [0.2, 0.25) is 0 Å². The molecule has 0 spiro atoms. The van der Waals surface area contributed by atoms with E-state index in [0.29, 0.717) is 24.5 Å². The molecule has 1 fully saturated rings. The molecule has 1 aliphatic rings. The van der Waals surface area contributed by atoms with E-state index in [0.717, 1.165) is 19.3 Å². The molecule has 33 heavy (non-hydrogen) atoms. The number of ether oxygens (including phenoxy) is 2. The van der Waals surface area contributed by atoms with Crippen molar-refractivity contribution in [3.05, 3.63) is 48.0 Å². The van der Waals surface area contributed by atoms with Crippen molar-refractivity contribution in [2.45, 2.75) is 44.1 Å². The number of nitrogens with zero attached hydrogens (tertiary/aromatic N) is 1. The normalized spacial score (nSPS) is 14.6. The van der Waals surface area contributed by atoms with E-state index in [4.69, 9.17) is 14.6 Å². The fraction of sp³-hybridized carbons (Fsp3) is 0.391. The van der Waals surface area contributed by atoms with Gasteiger partial charge in [-0.25, -0.2) is 13.2 Å². The smallest absolute Gasteiger partial charge is 0.341 e. The maximum Gasteiger partial charge on any atom is 0.341 e. The van der Waals surface area contributed by atoms with Crippen molar-refractivity contribution in [1.29, 1.82) is 0 Å². The van der Waals surface area contributed by atoms with Gasteiger partial charge in [-0.1, -0.05) is 6.42 Å². The predicted octanol–water partition coefficient (Wildman–Crippen LogP) is 3.36. The van der Waals surface area contributed by atoms with Gasteiger partial charge in [0.25, 0.3) is 5.91 Å². The number of hydrogen-bond acceptors (Lipinski definition) is 6. The second kappa shape index (κ2) is 10.7. The van der Waals surface area contributed by atoms with E-state index in [-0.39, 0.29) is 22.3 Å². The van der Waals surface area contributed by atoms with Gasteiger partial charge in [0, 0.05) is 18.8 Å². The summed E-state index contributed by atoms with van der Waals surface area (Å²) in [5.74, 6) is -1.22. The van der Waals surface area contributed by atoms with E-state index in [9.17, 15) is 18.0 Å². The Kier molecular flexibility index (Phi) is 7.93. The van der Waals surface area contributed by atoms with Crippen LogP contribution in [0.3, 0.4) is 0 Å². The second-order valence-corrected chi connectivity index (χ2v) is 9.89. The number of amides is 1. The Morgan fingerprint density at radius 2 is 1.73 bits per heavy atom. The van der Waals surface area contributed by atoms with Crippen molar-refractivity contribution in [3.8, 4) is 11.5 Å². The Labute approximate surface area is 193 Å². The first-order chi connectivity index (χ1) is 15.7. The Bertz CT molecular complexity index is 1090. The standard InChI is InChI=1S/C23H28N2O7S/c1-16(2)32-18-8-6-17(7-9-18)24-23(28)20-14-19(10-11-21(20)31-15-22(26)27)33(29,30)25-12-4-3-5-13-25/h6-11,14,16H,3-5,12-13,15H2,1-2H3,(H,24,28)(H,26,27). The quantitative estimate of drug-likeness (QED) is 0.569. The molecule has 0 aliphatic carbocycles. The lowest BCUT2D eigenvalue weighted by atomic mass is 10.1. The lowest BCUT2D eigenvalue weighted by Gasteiger charge is -2.26. The molecule has 0 unspecified atom stereocenters. The van der Waals surface area contributed by atoms with Gasteiger partial charge < -0.3 is 19.9 Å². The van der Waals surface area contributed by atoms with Crippen LogP contribution in [0.15, 0.2) is 47.4 Å². The summed E-state index contributed by atoms with van der Waals surface area (Å²) in [7, 11) is -3.79. The number of sulfonamides is 1. The number of carboxylic acids is 1. The number of piperidine rings is 1. The Morgan fingerprint density at radius 3 is 2.33 bits per heavy atom. The largest absolute Gasteiger partial charge is 0.491 e. The van der Waals surface area contributed by atoms with Gasteiger partial charge >= 0.3 is 5.97 Å². The van der Waals surface area contributed by atoms with Gasteiger partial charge in [0.2, 0.25) is 10.0 Å². The number of hydrogen-bond donors (Lipinski definition) is 2. The molecular weight excluding hydrogens is 448 g/mol. The van der Waals surface area contributed by atoms with E-state index in [2.05, 4.69) is 5.32 Å². The third-order valence-electron chi connectivity index (χ3n) is 4.98. The minimum atomic E-state index is -3.79.